The van der Waals surface area contributed by atoms with Crippen molar-refractivity contribution in [1.29, 1.82) is 0 Å². The topological polar surface area (TPSA) is 90.0 Å². The highest BCUT2D eigenvalue weighted by Gasteiger charge is 2.33. The zero-order valence-corrected chi connectivity index (χ0v) is 17.0. The summed E-state index contributed by atoms with van der Waals surface area (Å²) in [6, 6.07) is 9.83. The van der Waals surface area contributed by atoms with Crippen molar-refractivity contribution >= 4 is 33.1 Å². The number of nitrogens with zero attached hydrogens (tertiary/aromatic N) is 1. The maximum absolute atomic E-state index is 12.5. The molecule has 1 saturated heterocycles. The number of hydrogen-bond acceptors (Lipinski definition) is 7. The molecular formula is C19H21NO6S2. The molecule has 7 nitrogen and oxygen atoms in total. The van der Waals surface area contributed by atoms with Crippen LogP contribution in [0.25, 0.3) is 0 Å². The zero-order chi connectivity index (χ0) is 20.1. The molecule has 28 heavy (non-hydrogen) atoms. The number of benzene rings is 1. The van der Waals surface area contributed by atoms with E-state index in [-0.39, 0.29) is 25.5 Å². The summed E-state index contributed by atoms with van der Waals surface area (Å²) in [6.07, 6.45) is 0.750. The number of carbonyl (C=O) groups is 2. The second kappa shape index (κ2) is 8.85. The highest BCUT2D eigenvalue weighted by atomic mass is 32.2. The highest BCUT2D eigenvalue weighted by Crippen LogP contribution is 2.26. The Morgan fingerprint density at radius 3 is 2.39 bits per heavy atom. The summed E-state index contributed by atoms with van der Waals surface area (Å²) in [7, 11) is -1.96. The van der Waals surface area contributed by atoms with Gasteiger partial charge in [-0.05, 0) is 48.6 Å². The van der Waals surface area contributed by atoms with Gasteiger partial charge in [0.1, 0.15) is 9.96 Å². The molecule has 0 amide bonds. The van der Waals surface area contributed by atoms with E-state index < -0.39 is 21.9 Å². The maximum atomic E-state index is 12.5. The first-order valence-corrected chi connectivity index (χ1v) is 11.1. The molecule has 9 heteroatoms. The van der Waals surface area contributed by atoms with E-state index >= 15 is 0 Å². The van der Waals surface area contributed by atoms with Crippen LogP contribution in [0.5, 0.6) is 5.75 Å². The molecule has 2 heterocycles. The Morgan fingerprint density at radius 1 is 1.14 bits per heavy atom. The Bertz CT molecular complexity index is 914. The van der Waals surface area contributed by atoms with Gasteiger partial charge in [0.25, 0.3) is 10.0 Å². The Balaban J connectivity index is 1.49. The van der Waals surface area contributed by atoms with Gasteiger partial charge in [0, 0.05) is 18.7 Å². The number of ketones is 1. The minimum Gasteiger partial charge on any atom is -0.497 e. The second-order valence-electron chi connectivity index (χ2n) is 6.37. The van der Waals surface area contributed by atoms with Gasteiger partial charge < -0.3 is 9.47 Å². The zero-order valence-electron chi connectivity index (χ0n) is 15.4. The number of thiophene rings is 1. The second-order valence-corrected chi connectivity index (χ2v) is 9.48. The lowest BCUT2D eigenvalue weighted by Crippen LogP contribution is -2.40. The number of sulfonamides is 1. The van der Waals surface area contributed by atoms with Gasteiger partial charge in [0.2, 0.25) is 0 Å². The van der Waals surface area contributed by atoms with Crippen molar-refractivity contribution < 1.29 is 27.5 Å². The first kappa shape index (κ1) is 20.5. The van der Waals surface area contributed by atoms with Gasteiger partial charge in [0.15, 0.2) is 12.4 Å². The number of rotatable bonds is 7. The van der Waals surface area contributed by atoms with Crippen LogP contribution < -0.4 is 4.74 Å². The summed E-state index contributed by atoms with van der Waals surface area (Å²) in [5.74, 6) is -0.528. The number of carbonyl (C=O) groups excluding carboxylic acids is 2. The van der Waals surface area contributed by atoms with Crippen LogP contribution in [-0.2, 0) is 19.6 Å². The van der Waals surface area contributed by atoms with E-state index in [1.807, 2.05) is 0 Å². The molecule has 0 atom stereocenters. The monoisotopic (exact) mass is 423 g/mol. The molecule has 3 rings (SSSR count). The molecule has 0 radical (unpaired) electrons. The number of esters is 1. The lowest BCUT2D eigenvalue weighted by atomic mass is 9.98. The van der Waals surface area contributed by atoms with Gasteiger partial charge in [0.05, 0.1) is 13.0 Å². The van der Waals surface area contributed by atoms with E-state index in [0.717, 1.165) is 0 Å². The van der Waals surface area contributed by atoms with Crippen LogP contribution in [0.1, 0.15) is 23.2 Å². The summed E-state index contributed by atoms with van der Waals surface area (Å²) < 4.78 is 36.9. The van der Waals surface area contributed by atoms with Gasteiger partial charge in [-0.2, -0.15) is 4.31 Å². The van der Waals surface area contributed by atoms with Crippen LogP contribution in [0.3, 0.4) is 0 Å². The fourth-order valence-electron chi connectivity index (χ4n) is 2.98. The van der Waals surface area contributed by atoms with Crippen molar-refractivity contribution in [3.63, 3.8) is 0 Å². The molecule has 0 unspecified atom stereocenters. The average molecular weight is 424 g/mol. The molecule has 0 saturated carbocycles. The first-order valence-electron chi connectivity index (χ1n) is 8.79. The molecule has 0 bridgehead atoms. The summed E-state index contributed by atoms with van der Waals surface area (Å²) >= 11 is 1.18. The predicted molar refractivity (Wildman–Crippen MR) is 104 cm³/mol. The third-order valence-corrected chi connectivity index (χ3v) is 7.91. The summed E-state index contributed by atoms with van der Waals surface area (Å²) in [6.45, 7) is 0.178. The Morgan fingerprint density at radius 2 is 1.82 bits per heavy atom. The Labute approximate surface area is 167 Å². The van der Waals surface area contributed by atoms with Crippen LogP contribution in [0.2, 0.25) is 0 Å². The minimum absolute atomic E-state index is 0.256. The summed E-state index contributed by atoms with van der Waals surface area (Å²) in [5, 5.41) is 1.72. The third-order valence-electron chi connectivity index (χ3n) is 4.63. The van der Waals surface area contributed by atoms with Crippen LogP contribution in [0.15, 0.2) is 46.0 Å². The number of hydrogen-bond donors (Lipinski definition) is 0. The molecule has 1 aliphatic rings. The SMILES string of the molecule is COc1ccc(C(=O)COC(=O)C2CCN(S(=O)(=O)c3cccs3)CC2)cc1. The molecule has 150 valence electrons. The summed E-state index contributed by atoms with van der Waals surface area (Å²) in [4.78, 5) is 24.4. The van der Waals surface area contributed by atoms with Crippen molar-refractivity contribution in [1.82, 2.24) is 4.31 Å². The van der Waals surface area contributed by atoms with Gasteiger partial charge in [-0.3, -0.25) is 9.59 Å². The smallest absolute Gasteiger partial charge is 0.309 e. The van der Waals surface area contributed by atoms with Crippen molar-refractivity contribution in [3.8, 4) is 5.75 Å². The predicted octanol–water partition coefficient (Wildman–Crippen LogP) is 2.58. The Kier molecular flexibility index (Phi) is 6.48. The van der Waals surface area contributed by atoms with Crippen LogP contribution >= 0.6 is 11.3 Å². The standard InChI is InChI=1S/C19H21NO6S2/c1-25-16-6-4-14(5-7-16)17(21)13-26-19(22)15-8-10-20(11-9-15)28(23,24)18-3-2-12-27-18/h2-7,12,15H,8-11,13H2,1H3. The average Bonchev–Trinajstić information content (AvgIpc) is 3.28. The number of piperidine rings is 1. The Hall–Kier alpha value is -2.23. The number of methoxy groups -OCH3 is 1. The normalized spacial score (nSPS) is 15.9. The first-order chi connectivity index (χ1) is 13.4. The maximum Gasteiger partial charge on any atom is 0.309 e. The molecule has 1 aromatic heterocycles. The molecule has 1 fully saturated rings. The fourth-order valence-corrected chi connectivity index (χ4v) is 5.60. The van der Waals surface area contributed by atoms with Crippen molar-refractivity contribution in [3.05, 3.63) is 47.3 Å². The quantitative estimate of drug-likeness (QED) is 0.502. The van der Waals surface area contributed by atoms with E-state index in [4.69, 9.17) is 9.47 Å². The molecular weight excluding hydrogens is 402 g/mol. The van der Waals surface area contributed by atoms with E-state index in [9.17, 15) is 18.0 Å². The largest absolute Gasteiger partial charge is 0.497 e. The lowest BCUT2D eigenvalue weighted by Gasteiger charge is -2.29. The van der Waals surface area contributed by atoms with Crippen LogP contribution in [-0.4, -0.2) is 51.3 Å². The number of Topliss-reactive ketones (excluding diaryl/α,β-unsaturated/α-hetero) is 1. The fraction of sp³-hybridized carbons (Fsp3) is 0.368. The minimum atomic E-state index is -3.50. The van der Waals surface area contributed by atoms with Crippen molar-refractivity contribution in [2.24, 2.45) is 5.92 Å². The van der Waals surface area contributed by atoms with E-state index in [1.165, 1.54) is 22.8 Å². The lowest BCUT2D eigenvalue weighted by molar-refractivity contribution is -0.148. The number of ether oxygens (including phenoxy) is 2. The van der Waals surface area contributed by atoms with Gasteiger partial charge in [-0.25, -0.2) is 8.42 Å². The van der Waals surface area contributed by atoms with E-state index in [0.29, 0.717) is 28.4 Å². The van der Waals surface area contributed by atoms with Crippen LogP contribution in [0.4, 0.5) is 0 Å². The van der Waals surface area contributed by atoms with E-state index in [1.54, 1.807) is 41.8 Å². The molecule has 1 aromatic carbocycles. The molecule has 2 aromatic rings. The molecule has 0 N–H and O–H groups in total. The van der Waals surface area contributed by atoms with Crippen LogP contribution in [0, 0.1) is 5.92 Å². The molecule has 0 aliphatic carbocycles. The highest BCUT2D eigenvalue weighted by molar-refractivity contribution is 7.91. The van der Waals surface area contributed by atoms with Gasteiger partial charge in [-0.15, -0.1) is 11.3 Å². The van der Waals surface area contributed by atoms with Gasteiger partial charge >= 0.3 is 5.97 Å². The summed E-state index contributed by atoms with van der Waals surface area (Å²) in [5.41, 5.74) is 0.436. The van der Waals surface area contributed by atoms with Crippen molar-refractivity contribution in [2.45, 2.75) is 17.1 Å². The molecule has 1 aliphatic heterocycles. The molecule has 0 spiro atoms. The van der Waals surface area contributed by atoms with Gasteiger partial charge in [-0.1, -0.05) is 6.07 Å². The van der Waals surface area contributed by atoms with Crippen molar-refractivity contribution in [2.75, 3.05) is 26.8 Å². The third kappa shape index (κ3) is 4.60. The van der Waals surface area contributed by atoms with E-state index in [2.05, 4.69) is 0 Å².